The number of benzene rings is 1. The number of fused-ring (bicyclic) bond motifs is 1. The first-order valence-electron chi connectivity index (χ1n) is 12.2. The number of aryl methyl sites for hydroxylation is 2. The molecular weight excluding hydrogens is 489 g/mol. The Morgan fingerprint density at radius 1 is 1.16 bits per heavy atom. The standard InChI is InChI=1S/C27H28FN7O3/c1-14-6-7-29-11-19(14)17-8-15-9-22(31-25(36)18-10-16(18)21-13-35(5)34-33-21)30-12-20(15)24(23(17)28)32-26(37)38-27(2,3)4/h6-9,11-13,16,18H,10H2,1-5H3,(H,32,37)(H,30,31,36). The van der Waals surface area contributed by atoms with Crippen LogP contribution in [0.15, 0.2) is 43.0 Å². The minimum atomic E-state index is -0.793. The van der Waals surface area contributed by atoms with Crippen LogP contribution < -0.4 is 10.6 Å². The van der Waals surface area contributed by atoms with Crippen LogP contribution in [0.2, 0.25) is 0 Å². The van der Waals surface area contributed by atoms with Gasteiger partial charge in [0.15, 0.2) is 5.82 Å². The summed E-state index contributed by atoms with van der Waals surface area (Å²) in [4.78, 5) is 33.9. The Labute approximate surface area is 218 Å². The van der Waals surface area contributed by atoms with E-state index >= 15 is 4.39 Å². The second kappa shape index (κ2) is 9.47. The Bertz CT molecular complexity index is 1560. The number of carbonyl (C=O) groups is 2. The van der Waals surface area contributed by atoms with Gasteiger partial charge in [-0.15, -0.1) is 5.10 Å². The summed E-state index contributed by atoms with van der Waals surface area (Å²) in [5.41, 5.74) is 1.59. The topological polar surface area (TPSA) is 124 Å². The molecule has 0 spiro atoms. The highest BCUT2D eigenvalue weighted by Crippen LogP contribution is 2.47. The van der Waals surface area contributed by atoms with Gasteiger partial charge in [-0.25, -0.2) is 14.2 Å². The van der Waals surface area contributed by atoms with Crippen molar-refractivity contribution in [3.05, 3.63) is 60.1 Å². The average Bonchev–Trinajstić information content (AvgIpc) is 3.53. The maximum atomic E-state index is 15.9. The van der Waals surface area contributed by atoms with Gasteiger partial charge in [-0.2, -0.15) is 0 Å². The minimum Gasteiger partial charge on any atom is -0.444 e. The molecule has 2 amide bonds. The van der Waals surface area contributed by atoms with E-state index < -0.39 is 17.5 Å². The van der Waals surface area contributed by atoms with Gasteiger partial charge in [-0.1, -0.05) is 5.21 Å². The van der Waals surface area contributed by atoms with Crippen LogP contribution in [0, 0.1) is 18.7 Å². The molecule has 5 rings (SSSR count). The molecular formula is C27H28FN7O3. The summed E-state index contributed by atoms with van der Waals surface area (Å²) in [6.07, 6.45) is 6.31. The molecule has 4 aromatic rings. The number of pyridine rings is 2. The van der Waals surface area contributed by atoms with Gasteiger partial charge in [0.05, 0.1) is 11.4 Å². The molecule has 0 aliphatic heterocycles. The molecule has 1 aromatic carbocycles. The molecule has 196 valence electrons. The van der Waals surface area contributed by atoms with Crippen molar-refractivity contribution in [1.29, 1.82) is 0 Å². The molecule has 0 radical (unpaired) electrons. The zero-order chi connectivity index (χ0) is 27.2. The number of halogens is 1. The van der Waals surface area contributed by atoms with Crippen LogP contribution in [-0.2, 0) is 16.6 Å². The summed E-state index contributed by atoms with van der Waals surface area (Å²) >= 11 is 0. The Hall–Kier alpha value is -4.41. The van der Waals surface area contributed by atoms with Gasteiger partial charge in [-0.05, 0) is 63.3 Å². The number of aromatic nitrogens is 5. The minimum absolute atomic E-state index is 0.0167. The van der Waals surface area contributed by atoms with Gasteiger partial charge in [0, 0.05) is 60.2 Å². The van der Waals surface area contributed by atoms with E-state index in [2.05, 4.69) is 30.9 Å². The lowest BCUT2D eigenvalue weighted by molar-refractivity contribution is -0.117. The number of amides is 2. The van der Waals surface area contributed by atoms with E-state index in [1.165, 1.54) is 6.20 Å². The van der Waals surface area contributed by atoms with Gasteiger partial charge >= 0.3 is 6.09 Å². The highest BCUT2D eigenvalue weighted by Gasteiger charge is 2.45. The highest BCUT2D eigenvalue weighted by molar-refractivity contribution is 6.04. The van der Waals surface area contributed by atoms with Crippen LogP contribution >= 0.6 is 0 Å². The molecule has 11 heteroatoms. The van der Waals surface area contributed by atoms with Crippen molar-refractivity contribution in [2.24, 2.45) is 13.0 Å². The number of anilines is 2. The number of ether oxygens (including phenoxy) is 1. The third-order valence-corrected chi connectivity index (χ3v) is 6.30. The fourth-order valence-electron chi connectivity index (χ4n) is 4.37. The first-order chi connectivity index (χ1) is 18.0. The predicted molar refractivity (Wildman–Crippen MR) is 140 cm³/mol. The normalized spacial score (nSPS) is 16.8. The Morgan fingerprint density at radius 3 is 2.63 bits per heavy atom. The molecule has 3 aromatic heterocycles. The van der Waals surface area contributed by atoms with Crippen LogP contribution in [0.3, 0.4) is 0 Å². The van der Waals surface area contributed by atoms with Gasteiger partial charge in [-0.3, -0.25) is 19.8 Å². The molecule has 3 heterocycles. The van der Waals surface area contributed by atoms with Crippen molar-refractivity contribution < 1.29 is 18.7 Å². The van der Waals surface area contributed by atoms with Crippen LogP contribution in [0.25, 0.3) is 21.9 Å². The zero-order valence-electron chi connectivity index (χ0n) is 21.7. The second-order valence-electron chi connectivity index (χ2n) is 10.5. The SMILES string of the molecule is Cc1ccncc1-c1cc2cc(NC(=O)C3CC3c3cn(C)nn3)ncc2c(NC(=O)OC(C)(C)C)c1F. The van der Waals surface area contributed by atoms with E-state index in [9.17, 15) is 9.59 Å². The van der Waals surface area contributed by atoms with Gasteiger partial charge < -0.3 is 10.1 Å². The molecule has 1 aliphatic carbocycles. The van der Waals surface area contributed by atoms with Crippen molar-refractivity contribution in [2.45, 2.75) is 45.6 Å². The molecule has 2 atom stereocenters. The molecule has 1 aliphatic rings. The molecule has 2 unspecified atom stereocenters. The lowest BCUT2D eigenvalue weighted by Crippen LogP contribution is -2.27. The van der Waals surface area contributed by atoms with Crippen LogP contribution in [0.1, 0.15) is 44.4 Å². The summed E-state index contributed by atoms with van der Waals surface area (Å²) in [5, 5.41) is 14.4. The Morgan fingerprint density at radius 2 is 1.95 bits per heavy atom. The predicted octanol–water partition coefficient (Wildman–Crippen LogP) is 4.96. The Kier molecular flexibility index (Phi) is 6.29. The van der Waals surface area contributed by atoms with E-state index in [-0.39, 0.29) is 29.0 Å². The van der Waals surface area contributed by atoms with Crippen LogP contribution in [0.4, 0.5) is 20.7 Å². The van der Waals surface area contributed by atoms with E-state index in [0.717, 1.165) is 11.3 Å². The van der Waals surface area contributed by atoms with Crippen molar-refractivity contribution >= 4 is 34.3 Å². The number of rotatable bonds is 5. The van der Waals surface area contributed by atoms with Crippen molar-refractivity contribution in [3.63, 3.8) is 0 Å². The van der Waals surface area contributed by atoms with Crippen molar-refractivity contribution in [3.8, 4) is 11.1 Å². The molecule has 1 fully saturated rings. The highest BCUT2D eigenvalue weighted by atomic mass is 19.1. The van der Waals surface area contributed by atoms with Gasteiger partial charge in [0.2, 0.25) is 5.91 Å². The summed E-state index contributed by atoms with van der Waals surface area (Å²) in [7, 11) is 1.78. The van der Waals surface area contributed by atoms with Gasteiger partial charge in [0.1, 0.15) is 11.4 Å². The number of nitrogens with one attached hydrogen (secondary N) is 2. The lowest BCUT2D eigenvalue weighted by atomic mass is 9.98. The third kappa shape index (κ3) is 5.17. The van der Waals surface area contributed by atoms with Crippen LogP contribution in [-0.4, -0.2) is 42.6 Å². The van der Waals surface area contributed by atoms with E-state index in [4.69, 9.17) is 4.74 Å². The number of hydrogen-bond donors (Lipinski definition) is 2. The average molecular weight is 518 g/mol. The van der Waals surface area contributed by atoms with Crippen LogP contribution in [0.5, 0.6) is 0 Å². The largest absolute Gasteiger partial charge is 0.444 e. The van der Waals surface area contributed by atoms with Crippen molar-refractivity contribution in [1.82, 2.24) is 25.0 Å². The number of nitrogens with zero attached hydrogens (tertiary/aromatic N) is 5. The summed E-state index contributed by atoms with van der Waals surface area (Å²) in [6, 6.07) is 5.09. The zero-order valence-corrected chi connectivity index (χ0v) is 21.7. The molecule has 1 saturated carbocycles. The quantitative estimate of drug-likeness (QED) is 0.383. The molecule has 2 N–H and O–H groups in total. The summed E-state index contributed by atoms with van der Waals surface area (Å²) < 4.78 is 22.8. The molecule has 10 nitrogen and oxygen atoms in total. The Balaban J connectivity index is 1.49. The summed E-state index contributed by atoms with van der Waals surface area (Å²) in [6.45, 7) is 7.02. The molecule has 0 bridgehead atoms. The smallest absolute Gasteiger partial charge is 0.412 e. The first-order valence-corrected chi connectivity index (χ1v) is 12.2. The fourth-order valence-corrected chi connectivity index (χ4v) is 4.37. The fraction of sp³-hybridized carbons (Fsp3) is 0.333. The number of carbonyl (C=O) groups excluding carboxylic acids is 2. The lowest BCUT2D eigenvalue weighted by Gasteiger charge is -2.21. The van der Waals surface area contributed by atoms with Crippen molar-refractivity contribution in [2.75, 3.05) is 10.6 Å². The third-order valence-electron chi connectivity index (χ3n) is 6.30. The van der Waals surface area contributed by atoms with E-state index in [1.807, 2.05) is 13.1 Å². The second-order valence-corrected chi connectivity index (χ2v) is 10.5. The van der Waals surface area contributed by atoms with E-state index in [0.29, 0.717) is 28.6 Å². The van der Waals surface area contributed by atoms with E-state index in [1.54, 1.807) is 63.1 Å². The molecule has 0 saturated heterocycles. The summed E-state index contributed by atoms with van der Waals surface area (Å²) in [5.74, 6) is -0.706. The first kappa shape index (κ1) is 25.2. The maximum absolute atomic E-state index is 15.9. The molecule has 38 heavy (non-hydrogen) atoms. The van der Waals surface area contributed by atoms with Gasteiger partial charge in [0.25, 0.3) is 0 Å². The monoisotopic (exact) mass is 517 g/mol. The number of hydrogen-bond acceptors (Lipinski definition) is 7. The maximum Gasteiger partial charge on any atom is 0.412 e.